The zero-order chi connectivity index (χ0) is 24.4. The third kappa shape index (κ3) is 4.49. The first-order chi connectivity index (χ1) is 17.0. The average Bonchev–Trinajstić information content (AvgIpc) is 3.48. The molecule has 1 atom stereocenters. The van der Waals surface area contributed by atoms with Crippen LogP contribution in [-0.2, 0) is 7.05 Å². The van der Waals surface area contributed by atoms with Crippen LogP contribution >= 0.6 is 0 Å². The van der Waals surface area contributed by atoms with Gasteiger partial charge in [0.15, 0.2) is 0 Å². The number of aryl methyl sites for hydroxylation is 1. The second kappa shape index (κ2) is 9.18. The molecule has 0 bridgehead atoms. The number of rotatable bonds is 6. The molecule has 0 saturated carbocycles. The van der Waals surface area contributed by atoms with Crippen molar-refractivity contribution in [2.24, 2.45) is 7.05 Å². The minimum absolute atomic E-state index is 0.121. The molecule has 4 aromatic heterocycles. The zero-order valence-electron chi connectivity index (χ0n) is 19.1. The van der Waals surface area contributed by atoms with E-state index in [4.69, 9.17) is 0 Å². The number of hydrogen-bond acceptors (Lipinski definition) is 6. The molecule has 2 amide bonds. The first-order valence-electron chi connectivity index (χ1n) is 10.9. The van der Waals surface area contributed by atoms with Crippen molar-refractivity contribution in [3.63, 3.8) is 0 Å². The number of aromatic nitrogens is 6. The number of hydrogen-bond donors (Lipinski definition) is 2. The van der Waals surface area contributed by atoms with Gasteiger partial charge in [0.2, 0.25) is 5.78 Å². The van der Waals surface area contributed by atoms with Crippen LogP contribution < -0.4 is 10.6 Å². The number of amides is 2. The number of anilines is 1. The number of carbonyl (C=O) groups is 2. The Kier molecular flexibility index (Phi) is 5.76. The van der Waals surface area contributed by atoms with Gasteiger partial charge < -0.3 is 10.6 Å². The Morgan fingerprint density at radius 2 is 1.80 bits per heavy atom. The molecule has 0 radical (unpaired) electrons. The fraction of sp³-hybridized carbons (Fsp3) is 0.120. The van der Waals surface area contributed by atoms with Crippen molar-refractivity contribution in [3.8, 4) is 11.3 Å². The van der Waals surface area contributed by atoms with Gasteiger partial charge in [-0.2, -0.15) is 10.1 Å². The van der Waals surface area contributed by atoms with Gasteiger partial charge >= 0.3 is 0 Å². The standard InChI is InChI=1S/C25H22N8O2/c1-16(18-9-6-11-26-13-18)28-23(34)19-14-27-32(2)22(19)24(35)30-21-10-12-33-15-20(29-25(33)31-21)17-7-4-3-5-8-17/h3-16H,1-2H3,(H,28,34)(H,29,30,31,35). The maximum absolute atomic E-state index is 13.1. The van der Waals surface area contributed by atoms with Gasteiger partial charge in [0.1, 0.15) is 11.5 Å². The predicted molar refractivity (Wildman–Crippen MR) is 130 cm³/mol. The monoisotopic (exact) mass is 466 g/mol. The van der Waals surface area contributed by atoms with E-state index < -0.39 is 11.8 Å². The lowest BCUT2D eigenvalue weighted by Crippen LogP contribution is -2.29. The van der Waals surface area contributed by atoms with E-state index in [-0.39, 0.29) is 17.3 Å². The van der Waals surface area contributed by atoms with Crippen LogP contribution in [-0.4, -0.2) is 40.9 Å². The van der Waals surface area contributed by atoms with Gasteiger partial charge in [0.25, 0.3) is 11.8 Å². The van der Waals surface area contributed by atoms with E-state index in [9.17, 15) is 9.59 Å². The summed E-state index contributed by atoms with van der Waals surface area (Å²) in [7, 11) is 1.60. The molecule has 10 nitrogen and oxygen atoms in total. The van der Waals surface area contributed by atoms with Gasteiger partial charge in [0.05, 0.1) is 23.5 Å². The highest BCUT2D eigenvalue weighted by atomic mass is 16.2. The molecule has 5 rings (SSSR count). The predicted octanol–water partition coefficient (Wildman–Crippen LogP) is 3.27. The lowest BCUT2D eigenvalue weighted by Gasteiger charge is -2.14. The van der Waals surface area contributed by atoms with Gasteiger partial charge in [-0.1, -0.05) is 36.4 Å². The quantitative estimate of drug-likeness (QED) is 0.396. The van der Waals surface area contributed by atoms with E-state index in [1.165, 1.54) is 10.9 Å². The summed E-state index contributed by atoms with van der Waals surface area (Å²) < 4.78 is 3.14. The molecule has 174 valence electrons. The van der Waals surface area contributed by atoms with Gasteiger partial charge in [0, 0.05) is 37.4 Å². The van der Waals surface area contributed by atoms with Crippen LogP contribution in [0.25, 0.3) is 17.0 Å². The van der Waals surface area contributed by atoms with Crippen LogP contribution in [0, 0.1) is 0 Å². The van der Waals surface area contributed by atoms with Gasteiger partial charge in [-0.25, -0.2) is 4.98 Å². The molecule has 0 fully saturated rings. The molecule has 0 aliphatic heterocycles. The summed E-state index contributed by atoms with van der Waals surface area (Å²) in [6.07, 6.45) is 8.36. The molecule has 0 spiro atoms. The van der Waals surface area contributed by atoms with Crippen LogP contribution in [0.2, 0.25) is 0 Å². The zero-order valence-corrected chi connectivity index (χ0v) is 19.1. The van der Waals surface area contributed by atoms with Crippen molar-refractivity contribution in [2.45, 2.75) is 13.0 Å². The summed E-state index contributed by atoms with van der Waals surface area (Å²) in [6.45, 7) is 1.85. The normalized spacial score (nSPS) is 11.8. The van der Waals surface area contributed by atoms with E-state index in [0.717, 1.165) is 16.8 Å². The van der Waals surface area contributed by atoms with Crippen LogP contribution in [0.1, 0.15) is 39.4 Å². The lowest BCUT2D eigenvalue weighted by atomic mass is 10.1. The van der Waals surface area contributed by atoms with E-state index >= 15 is 0 Å². The first kappa shape index (κ1) is 22.0. The number of carbonyl (C=O) groups excluding carboxylic acids is 2. The van der Waals surface area contributed by atoms with E-state index in [1.807, 2.05) is 49.5 Å². The number of nitrogens with zero attached hydrogens (tertiary/aromatic N) is 6. The Morgan fingerprint density at radius 1 is 0.971 bits per heavy atom. The Labute approximate surface area is 200 Å². The molecular formula is C25H22N8O2. The Balaban J connectivity index is 1.35. The van der Waals surface area contributed by atoms with Crippen molar-refractivity contribution in [2.75, 3.05) is 5.32 Å². The molecule has 10 heteroatoms. The number of fused-ring (bicyclic) bond motifs is 1. The smallest absolute Gasteiger partial charge is 0.275 e. The van der Waals surface area contributed by atoms with Crippen LogP contribution in [0.4, 0.5) is 5.82 Å². The van der Waals surface area contributed by atoms with E-state index in [2.05, 4.69) is 30.7 Å². The van der Waals surface area contributed by atoms with Crippen LogP contribution in [0.5, 0.6) is 0 Å². The topological polar surface area (TPSA) is 119 Å². The van der Waals surface area contributed by atoms with Gasteiger partial charge in [-0.15, -0.1) is 0 Å². The average molecular weight is 467 g/mol. The van der Waals surface area contributed by atoms with Crippen molar-refractivity contribution in [1.29, 1.82) is 0 Å². The van der Waals surface area contributed by atoms with E-state index in [1.54, 1.807) is 42.2 Å². The number of imidazole rings is 1. The molecule has 0 saturated heterocycles. The molecule has 4 heterocycles. The van der Waals surface area contributed by atoms with Crippen molar-refractivity contribution < 1.29 is 9.59 Å². The second-order valence-electron chi connectivity index (χ2n) is 7.98. The molecule has 1 aromatic carbocycles. The third-order valence-corrected chi connectivity index (χ3v) is 5.57. The Bertz CT molecular complexity index is 1510. The van der Waals surface area contributed by atoms with Crippen LogP contribution in [0.3, 0.4) is 0 Å². The molecule has 35 heavy (non-hydrogen) atoms. The number of benzene rings is 1. The minimum atomic E-state index is -0.504. The summed E-state index contributed by atoms with van der Waals surface area (Å²) in [4.78, 5) is 39.1. The first-order valence-corrected chi connectivity index (χ1v) is 10.9. The summed E-state index contributed by atoms with van der Waals surface area (Å²) in [6, 6.07) is 14.8. The molecular weight excluding hydrogens is 444 g/mol. The Hall–Kier alpha value is -4.86. The van der Waals surface area contributed by atoms with Crippen molar-refractivity contribution >= 4 is 23.4 Å². The van der Waals surface area contributed by atoms with Gasteiger partial charge in [-0.3, -0.25) is 23.7 Å². The molecule has 0 aliphatic carbocycles. The fourth-order valence-electron chi connectivity index (χ4n) is 3.73. The largest absolute Gasteiger partial charge is 0.345 e. The number of nitrogens with one attached hydrogen (secondary N) is 2. The fourth-order valence-corrected chi connectivity index (χ4v) is 3.73. The highest BCUT2D eigenvalue weighted by molar-refractivity contribution is 6.10. The van der Waals surface area contributed by atoms with Crippen LogP contribution in [0.15, 0.2) is 79.5 Å². The summed E-state index contributed by atoms with van der Waals surface area (Å²) in [5.74, 6) is -0.168. The summed E-state index contributed by atoms with van der Waals surface area (Å²) in [5, 5.41) is 9.75. The Morgan fingerprint density at radius 3 is 2.57 bits per heavy atom. The lowest BCUT2D eigenvalue weighted by molar-refractivity contribution is 0.0926. The van der Waals surface area contributed by atoms with E-state index in [0.29, 0.717) is 11.6 Å². The van der Waals surface area contributed by atoms with Crippen molar-refractivity contribution in [1.82, 2.24) is 34.4 Å². The molecule has 2 N–H and O–H groups in total. The second-order valence-corrected chi connectivity index (χ2v) is 7.98. The minimum Gasteiger partial charge on any atom is -0.345 e. The number of pyridine rings is 1. The SMILES string of the molecule is CC(NC(=O)c1cnn(C)c1C(=O)Nc1ccn2cc(-c3ccccc3)nc2n1)c1cccnc1. The summed E-state index contributed by atoms with van der Waals surface area (Å²) >= 11 is 0. The maximum atomic E-state index is 13.1. The highest BCUT2D eigenvalue weighted by Gasteiger charge is 2.24. The third-order valence-electron chi connectivity index (χ3n) is 5.57. The molecule has 0 aliphatic rings. The highest BCUT2D eigenvalue weighted by Crippen LogP contribution is 2.19. The summed E-state index contributed by atoms with van der Waals surface area (Å²) in [5.41, 5.74) is 2.87. The molecule has 5 aromatic rings. The molecule has 1 unspecified atom stereocenters. The maximum Gasteiger partial charge on any atom is 0.275 e. The van der Waals surface area contributed by atoms with Gasteiger partial charge in [-0.05, 0) is 24.6 Å². The van der Waals surface area contributed by atoms with Crippen molar-refractivity contribution in [3.05, 3.63) is 96.3 Å².